The normalized spacial score (nSPS) is 18.9. The van der Waals surface area contributed by atoms with Crippen LogP contribution in [0.4, 0.5) is 0 Å². The van der Waals surface area contributed by atoms with Gasteiger partial charge in [0.15, 0.2) is 0 Å². The summed E-state index contributed by atoms with van der Waals surface area (Å²) in [7, 11) is 0. The molecule has 2 atom stereocenters. The van der Waals surface area contributed by atoms with Crippen molar-refractivity contribution in [2.75, 3.05) is 0 Å². The van der Waals surface area contributed by atoms with Crippen LogP contribution in [0.25, 0.3) is 0 Å². The number of rotatable bonds is 6. The Kier molecular flexibility index (Phi) is 6.62. The van der Waals surface area contributed by atoms with E-state index in [4.69, 9.17) is 0 Å². The van der Waals surface area contributed by atoms with Gasteiger partial charge in [0.1, 0.15) is 0 Å². The number of aryl methyl sites for hydroxylation is 3. The topological polar surface area (TPSA) is 0 Å². The minimum Gasteiger partial charge on any atom is -0.122 e. The molecule has 0 amide bonds. The van der Waals surface area contributed by atoms with Crippen molar-refractivity contribution >= 4 is 11.8 Å². The summed E-state index contributed by atoms with van der Waals surface area (Å²) in [6.45, 7) is 13.2. The molecule has 1 heteroatoms. The van der Waals surface area contributed by atoms with Gasteiger partial charge in [0.05, 0.1) is 0 Å². The summed E-state index contributed by atoms with van der Waals surface area (Å²) in [4.78, 5) is 1.50. The molecule has 1 aliphatic carbocycles. The van der Waals surface area contributed by atoms with E-state index < -0.39 is 0 Å². The maximum absolute atomic E-state index is 4.02. The van der Waals surface area contributed by atoms with Gasteiger partial charge in [-0.05, 0) is 50.2 Å². The fraction of sp³-hybridized carbons (Fsp3) is 0.619. The molecule has 22 heavy (non-hydrogen) atoms. The Labute approximate surface area is 141 Å². The van der Waals surface area contributed by atoms with Gasteiger partial charge in [0.25, 0.3) is 0 Å². The molecule has 0 saturated heterocycles. The highest BCUT2D eigenvalue weighted by Crippen LogP contribution is 2.41. The molecule has 1 aromatic carbocycles. The van der Waals surface area contributed by atoms with Crippen LogP contribution in [-0.2, 0) is 0 Å². The average Bonchev–Trinajstić information content (AvgIpc) is 2.50. The summed E-state index contributed by atoms with van der Waals surface area (Å²) < 4.78 is 0. The quantitative estimate of drug-likeness (QED) is 0.408. The summed E-state index contributed by atoms with van der Waals surface area (Å²) in [5.41, 5.74) is 4.25. The molecule has 1 saturated carbocycles. The molecular formula is C21H32S. The van der Waals surface area contributed by atoms with Crippen LogP contribution >= 0.6 is 11.8 Å². The first-order valence-electron chi connectivity index (χ1n) is 8.88. The monoisotopic (exact) mass is 316 g/mol. The Balaban J connectivity index is 2.16. The second-order valence-corrected chi connectivity index (χ2v) is 8.42. The van der Waals surface area contributed by atoms with Gasteiger partial charge < -0.3 is 0 Å². The van der Waals surface area contributed by atoms with E-state index in [-0.39, 0.29) is 0 Å². The smallest absolute Gasteiger partial charge is 0.0157 e. The van der Waals surface area contributed by atoms with E-state index in [1.54, 1.807) is 0 Å². The van der Waals surface area contributed by atoms with Crippen molar-refractivity contribution in [1.82, 2.24) is 0 Å². The van der Waals surface area contributed by atoms with E-state index in [9.17, 15) is 0 Å². The Hall–Kier alpha value is -0.690. The molecule has 0 N–H and O–H groups in total. The number of benzene rings is 1. The zero-order valence-electron chi connectivity index (χ0n) is 14.8. The SMILES string of the molecule is C=CC[C@H](Sc1c(C)cc(C)cc1C)[C@H](C)C1CCCCC1. The molecule has 1 fully saturated rings. The first-order valence-corrected chi connectivity index (χ1v) is 9.76. The standard InChI is InChI=1S/C21H32S/c1-6-10-20(18(5)19-11-8-7-9-12-19)22-21-16(3)13-15(2)14-17(21)4/h6,13-14,18-20H,1,7-12H2,2-5H3/t18-,20+/m1/s1. The molecule has 0 heterocycles. The first kappa shape index (κ1) is 17.7. The lowest BCUT2D eigenvalue weighted by molar-refractivity contribution is 0.258. The lowest BCUT2D eigenvalue weighted by Gasteiger charge is -2.33. The predicted octanol–water partition coefficient (Wildman–Crippen LogP) is 6.87. The van der Waals surface area contributed by atoms with Gasteiger partial charge in [0, 0.05) is 10.1 Å². The van der Waals surface area contributed by atoms with Crippen LogP contribution in [0.3, 0.4) is 0 Å². The predicted molar refractivity (Wildman–Crippen MR) is 101 cm³/mol. The second kappa shape index (κ2) is 8.24. The average molecular weight is 317 g/mol. The van der Waals surface area contributed by atoms with Crippen molar-refractivity contribution in [2.45, 2.75) is 76.4 Å². The van der Waals surface area contributed by atoms with Crippen LogP contribution < -0.4 is 0 Å². The molecule has 0 nitrogen and oxygen atoms in total. The number of thioether (sulfide) groups is 1. The Bertz CT molecular complexity index is 474. The molecule has 2 rings (SSSR count). The molecule has 122 valence electrons. The van der Waals surface area contributed by atoms with E-state index in [1.807, 2.05) is 0 Å². The molecule has 0 unspecified atom stereocenters. The number of hydrogen-bond donors (Lipinski definition) is 0. The molecule has 1 aromatic rings. The van der Waals surface area contributed by atoms with Crippen molar-refractivity contribution in [2.24, 2.45) is 11.8 Å². The second-order valence-electron chi connectivity index (χ2n) is 7.17. The van der Waals surface area contributed by atoms with Gasteiger partial charge in [-0.3, -0.25) is 0 Å². The summed E-state index contributed by atoms with van der Waals surface area (Å²) in [5, 5.41) is 0.667. The third kappa shape index (κ3) is 4.41. The zero-order valence-corrected chi connectivity index (χ0v) is 15.6. The Morgan fingerprint density at radius 2 is 1.73 bits per heavy atom. The highest BCUT2D eigenvalue weighted by molar-refractivity contribution is 8.00. The van der Waals surface area contributed by atoms with Crippen molar-refractivity contribution in [3.63, 3.8) is 0 Å². The van der Waals surface area contributed by atoms with Gasteiger partial charge in [-0.1, -0.05) is 62.8 Å². The van der Waals surface area contributed by atoms with Gasteiger partial charge in [-0.15, -0.1) is 18.3 Å². The minimum atomic E-state index is 0.667. The van der Waals surface area contributed by atoms with E-state index in [0.29, 0.717) is 5.25 Å². The van der Waals surface area contributed by atoms with Crippen LogP contribution in [-0.4, -0.2) is 5.25 Å². The first-order chi connectivity index (χ1) is 10.5. The van der Waals surface area contributed by atoms with E-state index in [1.165, 1.54) is 53.7 Å². The summed E-state index contributed by atoms with van der Waals surface area (Å²) >= 11 is 2.11. The molecule has 0 aliphatic heterocycles. The molecule has 1 aliphatic rings. The van der Waals surface area contributed by atoms with Crippen molar-refractivity contribution in [3.05, 3.63) is 41.5 Å². The lowest BCUT2D eigenvalue weighted by Crippen LogP contribution is -2.25. The van der Waals surface area contributed by atoms with Crippen molar-refractivity contribution < 1.29 is 0 Å². The van der Waals surface area contributed by atoms with E-state index in [0.717, 1.165) is 18.3 Å². The molecule has 0 aromatic heterocycles. The maximum Gasteiger partial charge on any atom is 0.0157 e. The Morgan fingerprint density at radius 3 is 2.27 bits per heavy atom. The zero-order chi connectivity index (χ0) is 16.1. The van der Waals surface area contributed by atoms with Gasteiger partial charge in [0.2, 0.25) is 0 Å². The summed E-state index contributed by atoms with van der Waals surface area (Å²) in [6, 6.07) is 4.65. The van der Waals surface area contributed by atoms with Crippen LogP contribution in [0.1, 0.15) is 62.1 Å². The highest BCUT2D eigenvalue weighted by atomic mass is 32.2. The molecule has 0 spiro atoms. The van der Waals surface area contributed by atoms with Crippen molar-refractivity contribution in [1.29, 1.82) is 0 Å². The van der Waals surface area contributed by atoms with Gasteiger partial charge >= 0.3 is 0 Å². The third-order valence-corrected chi connectivity index (χ3v) is 7.06. The molecule has 0 bridgehead atoms. The van der Waals surface area contributed by atoms with Gasteiger partial charge in [-0.2, -0.15) is 0 Å². The molecule has 0 radical (unpaired) electrons. The molecular weight excluding hydrogens is 284 g/mol. The summed E-state index contributed by atoms with van der Waals surface area (Å²) in [5.74, 6) is 1.70. The summed E-state index contributed by atoms with van der Waals surface area (Å²) in [6.07, 6.45) is 10.4. The number of hydrogen-bond acceptors (Lipinski definition) is 1. The van der Waals surface area contributed by atoms with Gasteiger partial charge in [-0.25, -0.2) is 0 Å². The fourth-order valence-corrected chi connectivity index (χ4v) is 5.46. The van der Waals surface area contributed by atoms with E-state index in [2.05, 4.69) is 64.2 Å². The van der Waals surface area contributed by atoms with Crippen LogP contribution in [0, 0.1) is 32.6 Å². The van der Waals surface area contributed by atoms with Crippen LogP contribution in [0.15, 0.2) is 29.7 Å². The number of allylic oxidation sites excluding steroid dienone is 1. The maximum atomic E-state index is 4.02. The largest absolute Gasteiger partial charge is 0.122 e. The van der Waals surface area contributed by atoms with Crippen LogP contribution in [0.5, 0.6) is 0 Å². The third-order valence-electron chi connectivity index (χ3n) is 5.25. The van der Waals surface area contributed by atoms with E-state index >= 15 is 0 Å². The minimum absolute atomic E-state index is 0.667. The fourth-order valence-electron chi connectivity index (χ4n) is 4.00. The van der Waals surface area contributed by atoms with Crippen molar-refractivity contribution in [3.8, 4) is 0 Å². The Morgan fingerprint density at radius 1 is 1.14 bits per heavy atom. The lowest BCUT2D eigenvalue weighted by atomic mass is 9.79. The highest BCUT2D eigenvalue weighted by Gasteiger charge is 2.27. The van der Waals surface area contributed by atoms with Crippen LogP contribution in [0.2, 0.25) is 0 Å².